The molecule has 114 valence electrons. The summed E-state index contributed by atoms with van der Waals surface area (Å²) in [6.45, 7) is 5.35. The maximum absolute atomic E-state index is 5.96. The normalized spacial score (nSPS) is 18.9. The third-order valence-corrected chi connectivity index (χ3v) is 3.31. The van der Waals surface area contributed by atoms with E-state index in [2.05, 4.69) is 11.8 Å². The lowest BCUT2D eigenvalue weighted by molar-refractivity contribution is -0.199. The molecule has 0 radical (unpaired) electrons. The first-order chi connectivity index (χ1) is 10.1. The quantitative estimate of drug-likeness (QED) is 0.794. The predicted molar refractivity (Wildman–Crippen MR) is 82.8 cm³/mol. The molecule has 0 amide bonds. The van der Waals surface area contributed by atoms with Crippen LogP contribution in [0.15, 0.2) is 24.3 Å². The van der Waals surface area contributed by atoms with Crippen LogP contribution in [0.3, 0.4) is 0 Å². The van der Waals surface area contributed by atoms with E-state index in [4.69, 9.17) is 14.2 Å². The molecule has 2 rings (SSSR count). The molecule has 1 saturated heterocycles. The van der Waals surface area contributed by atoms with Gasteiger partial charge in [0.05, 0.1) is 6.61 Å². The fourth-order valence-electron chi connectivity index (χ4n) is 2.29. The summed E-state index contributed by atoms with van der Waals surface area (Å²) in [7, 11) is 1.69. The molecule has 21 heavy (non-hydrogen) atoms. The standard InChI is InChI=1S/C18H24O3/c1-18(2,21-17-9-4-5-12-20-17)11-10-15-7-6-8-16(13-15)14-19-3/h6-8,13,17H,4-5,9,12,14H2,1-3H3. The molecule has 3 nitrogen and oxygen atoms in total. The van der Waals surface area contributed by atoms with Crippen molar-refractivity contribution in [1.82, 2.24) is 0 Å². The number of hydrogen-bond acceptors (Lipinski definition) is 3. The van der Waals surface area contributed by atoms with E-state index in [1.807, 2.05) is 38.1 Å². The van der Waals surface area contributed by atoms with E-state index in [1.165, 1.54) is 0 Å². The number of methoxy groups -OCH3 is 1. The van der Waals surface area contributed by atoms with Crippen LogP contribution in [-0.4, -0.2) is 25.6 Å². The van der Waals surface area contributed by atoms with Gasteiger partial charge in [-0.25, -0.2) is 0 Å². The third kappa shape index (κ3) is 5.51. The SMILES string of the molecule is COCc1cccc(C#CC(C)(C)OC2CCCCO2)c1. The van der Waals surface area contributed by atoms with Crippen molar-refractivity contribution in [3.8, 4) is 11.8 Å². The van der Waals surface area contributed by atoms with Gasteiger partial charge in [-0.1, -0.05) is 24.0 Å². The van der Waals surface area contributed by atoms with Crippen molar-refractivity contribution in [2.75, 3.05) is 13.7 Å². The molecule has 1 heterocycles. The molecule has 1 aliphatic rings. The van der Waals surface area contributed by atoms with E-state index in [1.54, 1.807) is 7.11 Å². The second-order valence-electron chi connectivity index (χ2n) is 5.81. The molecule has 0 aliphatic carbocycles. The van der Waals surface area contributed by atoms with E-state index >= 15 is 0 Å². The Morgan fingerprint density at radius 2 is 2.19 bits per heavy atom. The Kier molecular flexibility index (Phi) is 5.81. The Balaban J connectivity index is 2.00. The van der Waals surface area contributed by atoms with Crippen molar-refractivity contribution in [2.24, 2.45) is 0 Å². The first-order valence-electron chi connectivity index (χ1n) is 7.49. The summed E-state index contributed by atoms with van der Waals surface area (Å²) in [5.74, 6) is 6.39. The Bertz CT molecular complexity index is 505. The average Bonchev–Trinajstić information content (AvgIpc) is 2.47. The van der Waals surface area contributed by atoms with Crippen molar-refractivity contribution in [2.45, 2.75) is 51.6 Å². The van der Waals surface area contributed by atoms with Crippen LogP contribution in [0.1, 0.15) is 44.2 Å². The summed E-state index contributed by atoms with van der Waals surface area (Å²) in [5, 5.41) is 0. The minimum absolute atomic E-state index is 0.122. The number of ether oxygens (including phenoxy) is 3. The van der Waals surface area contributed by atoms with Crippen molar-refractivity contribution in [3.63, 3.8) is 0 Å². The maximum atomic E-state index is 5.96. The first kappa shape index (κ1) is 16.0. The summed E-state index contributed by atoms with van der Waals surface area (Å²) in [6, 6.07) is 8.08. The molecule has 0 saturated carbocycles. The highest BCUT2D eigenvalue weighted by Crippen LogP contribution is 2.20. The molecule has 3 heteroatoms. The van der Waals surface area contributed by atoms with Crippen molar-refractivity contribution >= 4 is 0 Å². The molecular weight excluding hydrogens is 264 g/mol. The lowest BCUT2D eigenvalue weighted by Gasteiger charge is -2.29. The van der Waals surface area contributed by atoms with Crippen LogP contribution < -0.4 is 0 Å². The number of hydrogen-bond donors (Lipinski definition) is 0. The first-order valence-corrected chi connectivity index (χ1v) is 7.49. The minimum atomic E-state index is -0.515. The van der Waals surface area contributed by atoms with Crippen LogP contribution >= 0.6 is 0 Å². The van der Waals surface area contributed by atoms with Crippen LogP contribution in [0.4, 0.5) is 0 Å². The summed E-state index contributed by atoms with van der Waals surface area (Å²) >= 11 is 0. The molecular formula is C18H24O3. The molecule has 1 fully saturated rings. The Morgan fingerprint density at radius 1 is 1.33 bits per heavy atom. The monoisotopic (exact) mass is 288 g/mol. The zero-order valence-corrected chi connectivity index (χ0v) is 13.1. The summed E-state index contributed by atoms with van der Waals surface area (Å²) in [5.41, 5.74) is 1.59. The molecule has 1 aliphatic heterocycles. The predicted octanol–water partition coefficient (Wildman–Crippen LogP) is 3.51. The topological polar surface area (TPSA) is 27.7 Å². The van der Waals surface area contributed by atoms with Gasteiger partial charge in [0.1, 0.15) is 5.60 Å². The molecule has 1 aromatic carbocycles. The van der Waals surface area contributed by atoms with Gasteiger partial charge < -0.3 is 14.2 Å². The van der Waals surface area contributed by atoms with Gasteiger partial charge in [-0.2, -0.15) is 0 Å². The largest absolute Gasteiger partial charge is 0.380 e. The van der Waals surface area contributed by atoms with Gasteiger partial charge in [0.15, 0.2) is 6.29 Å². The highest BCUT2D eigenvalue weighted by Gasteiger charge is 2.23. The van der Waals surface area contributed by atoms with Crippen molar-refractivity contribution in [3.05, 3.63) is 35.4 Å². The highest BCUT2D eigenvalue weighted by atomic mass is 16.7. The molecule has 1 atom stereocenters. The van der Waals surface area contributed by atoms with Gasteiger partial charge >= 0.3 is 0 Å². The zero-order chi connectivity index (χ0) is 15.1. The number of rotatable bonds is 4. The van der Waals surface area contributed by atoms with Crippen LogP contribution in [0.5, 0.6) is 0 Å². The number of benzene rings is 1. The molecule has 1 unspecified atom stereocenters. The lowest BCUT2D eigenvalue weighted by Crippen LogP contribution is -2.33. The average molecular weight is 288 g/mol. The maximum Gasteiger partial charge on any atom is 0.159 e. The molecule has 0 N–H and O–H groups in total. The second kappa shape index (κ2) is 7.61. The molecule has 0 bridgehead atoms. The van der Waals surface area contributed by atoms with Crippen LogP contribution in [0.25, 0.3) is 0 Å². The Hall–Kier alpha value is -1.34. The van der Waals surface area contributed by atoms with Crippen LogP contribution in [-0.2, 0) is 20.8 Å². The van der Waals surface area contributed by atoms with Crippen LogP contribution in [0, 0.1) is 11.8 Å². The summed E-state index contributed by atoms with van der Waals surface area (Å²) < 4.78 is 16.7. The summed E-state index contributed by atoms with van der Waals surface area (Å²) in [6.07, 6.45) is 3.11. The van der Waals surface area contributed by atoms with Crippen molar-refractivity contribution < 1.29 is 14.2 Å². The van der Waals surface area contributed by atoms with Gasteiger partial charge in [-0.05, 0) is 50.8 Å². The van der Waals surface area contributed by atoms with Crippen LogP contribution in [0.2, 0.25) is 0 Å². The molecule has 0 spiro atoms. The smallest absolute Gasteiger partial charge is 0.159 e. The van der Waals surface area contributed by atoms with E-state index in [9.17, 15) is 0 Å². The van der Waals surface area contributed by atoms with Gasteiger partial charge in [0.25, 0.3) is 0 Å². The van der Waals surface area contributed by atoms with E-state index in [0.717, 1.165) is 37.0 Å². The Labute approximate surface area is 127 Å². The molecule has 0 aromatic heterocycles. The molecule has 1 aromatic rings. The fourth-order valence-corrected chi connectivity index (χ4v) is 2.29. The minimum Gasteiger partial charge on any atom is -0.380 e. The van der Waals surface area contributed by atoms with E-state index < -0.39 is 5.60 Å². The van der Waals surface area contributed by atoms with Gasteiger partial charge in [-0.15, -0.1) is 0 Å². The zero-order valence-electron chi connectivity index (χ0n) is 13.1. The lowest BCUT2D eigenvalue weighted by atomic mass is 10.1. The van der Waals surface area contributed by atoms with Crippen molar-refractivity contribution in [1.29, 1.82) is 0 Å². The Morgan fingerprint density at radius 3 is 2.90 bits per heavy atom. The van der Waals surface area contributed by atoms with Gasteiger partial charge in [0.2, 0.25) is 0 Å². The fraction of sp³-hybridized carbons (Fsp3) is 0.556. The second-order valence-corrected chi connectivity index (χ2v) is 5.81. The van der Waals surface area contributed by atoms with E-state index in [0.29, 0.717) is 6.61 Å². The van der Waals surface area contributed by atoms with E-state index in [-0.39, 0.29) is 6.29 Å². The van der Waals surface area contributed by atoms with Gasteiger partial charge in [-0.3, -0.25) is 0 Å². The summed E-state index contributed by atoms with van der Waals surface area (Å²) in [4.78, 5) is 0. The third-order valence-electron chi connectivity index (χ3n) is 3.31. The highest BCUT2D eigenvalue weighted by molar-refractivity contribution is 5.38. The van der Waals surface area contributed by atoms with Gasteiger partial charge in [0, 0.05) is 19.3 Å².